The van der Waals surface area contributed by atoms with Crippen molar-refractivity contribution >= 4 is 38.3 Å². The van der Waals surface area contributed by atoms with Crippen molar-refractivity contribution in [2.45, 2.75) is 68.3 Å². The van der Waals surface area contributed by atoms with Crippen molar-refractivity contribution in [2.24, 2.45) is 5.92 Å². The number of rotatable bonds is 15. The molecular weight excluding hydrogens is 793 g/mol. The number of H-pyrrole nitrogens is 1. The maximum atomic E-state index is 13.8. The van der Waals surface area contributed by atoms with Crippen LogP contribution in [0.2, 0.25) is 0 Å². The van der Waals surface area contributed by atoms with Crippen molar-refractivity contribution in [1.29, 1.82) is 0 Å². The molecule has 0 spiro atoms. The van der Waals surface area contributed by atoms with Gasteiger partial charge >= 0.3 is 0 Å². The van der Waals surface area contributed by atoms with E-state index in [1.165, 1.54) is 66.8 Å². The van der Waals surface area contributed by atoms with Crippen LogP contribution in [-0.4, -0.2) is 60.4 Å². The normalized spacial score (nSPS) is 17.3. The van der Waals surface area contributed by atoms with Gasteiger partial charge in [-0.1, -0.05) is 54.6 Å². The van der Waals surface area contributed by atoms with Crippen molar-refractivity contribution in [2.75, 3.05) is 31.6 Å². The molecule has 2 aromatic heterocycles. The zero-order valence-corrected chi connectivity index (χ0v) is 34.5. The van der Waals surface area contributed by atoms with Gasteiger partial charge in [0.1, 0.15) is 22.8 Å². The molecule has 1 atom stereocenters. The Labute approximate surface area is 354 Å². The molecule has 3 fully saturated rings. The Morgan fingerprint density at radius 3 is 2.46 bits per heavy atom. The Balaban J connectivity index is 0.923. The summed E-state index contributed by atoms with van der Waals surface area (Å²) in [5.41, 5.74) is 6.57. The van der Waals surface area contributed by atoms with E-state index in [0.717, 1.165) is 48.5 Å². The summed E-state index contributed by atoms with van der Waals surface area (Å²) in [6.07, 6.45) is 10.4. The van der Waals surface area contributed by atoms with Gasteiger partial charge in [-0.15, -0.1) is 0 Å². The van der Waals surface area contributed by atoms with E-state index < -0.39 is 31.4 Å². The summed E-state index contributed by atoms with van der Waals surface area (Å²) in [5, 5.41) is 15.9. The van der Waals surface area contributed by atoms with Gasteiger partial charge in [-0.05, 0) is 128 Å². The molecule has 61 heavy (non-hydrogen) atoms. The summed E-state index contributed by atoms with van der Waals surface area (Å²) >= 11 is 0. The number of likely N-dealkylation sites (tertiary alicyclic amines) is 1. The number of nitrogens with one attached hydrogen (secondary N) is 3. The van der Waals surface area contributed by atoms with Crippen molar-refractivity contribution < 1.29 is 27.6 Å². The fourth-order valence-electron chi connectivity index (χ4n) is 8.65. The number of aromatic amines is 1. The number of carbonyl (C=O) groups excluding carboxylic acids is 1. The predicted octanol–water partition coefficient (Wildman–Crippen LogP) is 9.03. The number of aromatic nitrogens is 2. The zero-order chi connectivity index (χ0) is 41.9. The Morgan fingerprint density at radius 1 is 0.902 bits per heavy atom. The highest BCUT2D eigenvalue weighted by Gasteiger charge is 2.33. The largest absolute Gasteiger partial charge is 0.455 e. The predicted molar refractivity (Wildman–Crippen MR) is 232 cm³/mol. The molecule has 1 unspecified atom stereocenters. The number of pyridine rings is 1. The topological polar surface area (TPSA) is 169 Å². The third-order valence-electron chi connectivity index (χ3n) is 12.1. The first-order valence-electron chi connectivity index (χ1n) is 21.0. The average molecular weight is 841 g/mol. The number of fused-ring (bicyclic) bond motifs is 1. The number of anilines is 1. The van der Waals surface area contributed by atoms with Crippen LogP contribution in [0, 0.1) is 16.0 Å². The van der Waals surface area contributed by atoms with Crippen LogP contribution in [0.5, 0.6) is 11.5 Å². The van der Waals surface area contributed by atoms with Gasteiger partial charge in [-0.25, -0.2) is 18.1 Å². The molecule has 2 saturated heterocycles. The first kappa shape index (κ1) is 40.3. The molecule has 1 amide bonds. The average Bonchev–Trinajstić information content (AvgIpc) is 3.83. The minimum atomic E-state index is -4.54. The summed E-state index contributed by atoms with van der Waals surface area (Å²) in [4.78, 5) is 34.9. The van der Waals surface area contributed by atoms with Crippen LogP contribution >= 0.6 is 0 Å². The minimum Gasteiger partial charge on any atom is -0.455 e. The molecule has 1 aliphatic carbocycles. The van der Waals surface area contributed by atoms with E-state index in [4.69, 9.17) is 9.47 Å². The lowest BCUT2D eigenvalue weighted by Crippen LogP contribution is -2.31. The molecule has 14 heteroatoms. The number of hydrogen-bond donors (Lipinski definition) is 3. The van der Waals surface area contributed by atoms with Gasteiger partial charge in [0.05, 0.1) is 21.6 Å². The van der Waals surface area contributed by atoms with Gasteiger partial charge in [0.15, 0.2) is 0 Å². The third-order valence-corrected chi connectivity index (χ3v) is 13.4. The molecule has 3 N–H and O–H groups in total. The van der Waals surface area contributed by atoms with Crippen LogP contribution in [0.1, 0.15) is 88.7 Å². The van der Waals surface area contributed by atoms with E-state index in [1.54, 1.807) is 24.4 Å². The third kappa shape index (κ3) is 9.31. The molecular formula is C47H48N6O7S. The SMILES string of the molecule is O=C(NS(=O)(=O)c1ccc(NCC2CCOCC2)c([N+](=O)[O-])c1)c1ccc(Cc2ccc(CN3CCCC3c3ccccc3C3CC3)cc2)cc1Oc1cnc2[nH]ccc2c1. The first-order chi connectivity index (χ1) is 29.7. The lowest BCUT2D eigenvalue weighted by atomic mass is 9.95. The second kappa shape index (κ2) is 17.5. The van der Waals surface area contributed by atoms with Gasteiger partial charge in [0.25, 0.3) is 21.6 Å². The van der Waals surface area contributed by atoms with Crippen LogP contribution in [-0.2, 0) is 27.7 Å². The number of nitrogens with zero attached hydrogens (tertiary/aromatic N) is 3. The van der Waals surface area contributed by atoms with Crippen molar-refractivity contribution in [3.63, 3.8) is 0 Å². The fraction of sp³-hybridized carbons (Fsp3) is 0.319. The maximum Gasteiger partial charge on any atom is 0.293 e. The Kier molecular flexibility index (Phi) is 11.6. The molecule has 0 radical (unpaired) electrons. The van der Waals surface area contributed by atoms with E-state index >= 15 is 0 Å². The summed E-state index contributed by atoms with van der Waals surface area (Å²) in [5.74, 6) is 0.516. The number of amides is 1. The number of ether oxygens (including phenoxy) is 2. The number of carbonyl (C=O) groups is 1. The Bertz CT molecular complexity index is 2670. The second-order valence-electron chi connectivity index (χ2n) is 16.4. The highest BCUT2D eigenvalue weighted by molar-refractivity contribution is 7.90. The standard InChI is InChI=1S/C47H48N6O7S/c54-47(51-61(57,58)38-14-16-42(44(27-38)53(55)56)49-28-32-18-22-59-23-19-32)41-15-11-34(25-45(41)60-37-26-36-17-20-48-46(36)50-29-37)24-31-7-9-33(10-8-31)30-52-21-3-6-43(52)40-5-2-1-4-39(40)35-12-13-35/h1-2,4-5,7-11,14-17,20,25-27,29,32,35,43,49H,3,6,12-13,18-19,21-24,28,30H2,(H,48,50)(H,51,54). The van der Waals surface area contributed by atoms with Crippen LogP contribution in [0.3, 0.4) is 0 Å². The summed E-state index contributed by atoms with van der Waals surface area (Å²) < 4.78 is 41.0. The molecule has 314 valence electrons. The lowest BCUT2D eigenvalue weighted by Gasteiger charge is -2.27. The van der Waals surface area contributed by atoms with Crippen molar-refractivity contribution in [1.82, 2.24) is 19.6 Å². The maximum absolute atomic E-state index is 13.8. The van der Waals surface area contributed by atoms with E-state index in [9.17, 15) is 23.3 Å². The summed E-state index contributed by atoms with van der Waals surface area (Å²) in [6.45, 7) is 3.69. The van der Waals surface area contributed by atoms with E-state index in [1.807, 2.05) is 6.07 Å². The molecule has 3 aliphatic rings. The monoisotopic (exact) mass is 840 g/mol. The van der Waals surface area contributed by atoms with Crippen LogP contribution < -0.4 is 14.8 Å². The number of benzene rings is 4. The number of nitro groups is 1. The summed E-state index contributed by atoms with van der Waals surface area (Å²) in [6, 6.07) is 30.2. The van der Waals surface area contributed by atoms with Gasteiger partial charge in [0, 0.05) is 50.0 Å². The molecule has 1 saturated carbocycles. The molecule has 4 heterocycles. The van der Waals surface area contributed by atoms with Gasteiger partial charge < -0.3 is 19.8 Å². The molecule has 6 aromatic rings. The highest BCUT2D eigenvalue weighted by atomic mass is 32.2. The van der Waals surface area contributed by atoms with E-state index in [0.29, 0.717) is 49.5 Å². The Hall–Kier alpha value is -6.09. The summed E-state index contributed by atoms with van der Waals surface area (Å²) in [7, 11) is -4.54. The number of nitro benzene ring substituents is 1. The van der Waals surface area contributed by atoms with Crippen LogP contribution in [0.15, 0.2) is 114 Å². The highest BCUT2D eigenvalue weighted by Crippen LogP contribution is 2.46. The van der Waals surface area contributed by atoms with Crippen molar-refractivity contribution in [3.8, 4) is 11.5 Å². The van der Waals surface area contributed by atoms with Gasteiger partial charge in [-0.2, -0.15) is 0 Å². The van der Waals surface area contributed by atoms with E-state index in [-0.39, 0.29) is 22.9 Å². The first-order valence-corrected chi connectivity index (χ1v) is 22.5. The van der Waals surface area contributed by atoms with Gasteiger partial charge in [-0.3, -0.25) is 19.8 Å². The molecule has 4 aromatic carbocycles. The van der Waals surface area contributed by atoms with Crippen molar-refractivity contribution in [3.05, 3.63) is 153 Å². The number of sulfonamides is 1. The quantitative estimate of drug-likeness (QED) is 0.0670. The minimum absolute atomic E-state index is 0.0375. The molecule has 2 aliphatic heterocycles. The number of hydrogen-bond acceptors (Lipinski definition) is 10. The van der Waals surface area contributed by atoms with Crippen LogP contribution in [0.4, 0.5) is 11.4 Å². The molecule has 13 nitrogen and oxygen atoms in total. The Morgan fingerprint density at radius 2 is 1.67 bits per heavy atom. The zero-order valence-electron chi connectivity index (χ0n) is 33.7. The molecule has 9 rings (SSSR count). The molecule has 0 bridgehead atoms. The second-order valence-corrected chi connectivity index (χ2v) is 18.0. The van der Waals surface area contributed by atoms with Gasteiger partial charge in [0.2, 0.25) is 0 Å². The fourth-order valence-corrected chi connectivity index (χ4v) is 9.64. The lowest BCUT2D eigenvalue weighted by molar-refractivity contribution is -0.384. The van der Waals surface area contributed by atoms with E-state index in [2.05, 4.69) is 73.4 Å². The smallest absolute Gasteiger partial charge is 0.293 e. The van der Waals surface area contributed by atoms with Crippen LogP contribution in [0.25, 0.3) is 11.0 Å².